The van der Waals surface area contributed by atoms with E-state index >= 15 is 0 Å². The quantitative estimate of drug-likeness (QED) is 0.818. The number of nitrogens with two attached hydrogens (primary N) is 1. The van der Waals surface area contributed by atoms with Crippen molar-refractivity contribution in [1.29, 1.82) is 5.26 Å². The summed E-state index contributed by atoms with van der Waals surface area (Å²) in [5.74, 6) is 0. The number of hydrogen-bond donors (Lipinski definition) is 1. The zero-order chi connectivity index (χ0) is 12.3. The van der Waals surface area contributed by atoms with Gasteiger partial charge in [0.05, 0.1) is 11.3 Å². The summed E-state index contributed by atoms with van der Waals surface area (Å²) < 4.78 is 0. The minimum Gasteiger partial charge on any atom is -0.397 e. The molecule has 0 aliphatic rings. The summed E-state index contributed by atoms with van der Waals surface area (Å²) in [6.45, 7) is 2.00. The molecule has 2 nitrogen and oxygen atoms in total. The first-order valence-corrected chi connectivity index (χ1v) is 6.16. The first kappa shape index (κ1) is 11.4. The number of aryl methyl sites for hydroxylation is 1. The van der Waals surface area contributed by atoms with E-state index in [-0.39, 0.29) is 0 Å². The molecular formula is C14H12N2S. The van der Waals surface area contributed by atoms with Crippen LogP contribution in [0.5, 0.6) is 0 Å². The van der Waals surface area contributed by atoms with Crippen LogP contribution in [0.3, 0.4) is 0 Å². The monoisotopic (exact) mass is 240 g/mol. The van der Waals surface area contributed by atoms with E-state index in [1.807, 2.05) is 48.0 Å². The molecule has 0 spiro atoms. The highest BCUT2D eigenvalue weighted by molar-refractivity contribution is 7.08. The van der Waals surface area contributed by atoms with Crippen LogP contribution in [-0.4, -0.2) is 0 Å². The van der Waals surface area contributed by atoms with Crippen LogP contribution < -0.4 is 5.73 Å². The van der Waals surface area contributed by atoms with E-state index < -0.39 is 0 Å². The molecule has 0 saturated heterocycles. The minimum atomic E-state index is 0.534. The van der Waals surface area contributed by atoms with Crippen LogP contribution in [0.25, 0.3) is 11.3 Å². The Morgan fingerprint density at radius 1 is 1.24 bits per heavy atom. The Labute approximate surface area is 105 Å². The van der Waals surface area contributed by atoms with Crippen LogP contribution in [0.15, 0.2) is 41.1 Å². The summed E-state index contributed by atoms with van der Waals surface area (Å²) in [6.07, 6.45) is 0. The van der Waals surface area contributed by atoms with E-state index in [9.17, 15) is 5.26 Å². The molecule has 0 saturated carbocycles. The van der Waals surface area contributed by atoms with Gasteiger partial charge in [-0.25, -0.2) is 0 Å². The van der Waals surface area contributed by atoms with Gasteiger partial charge in [0.2, 0.25) is 0 Å². The second-order valence-electron chi connectivity index (χ2n) is 3.73. The predicted molar refractivity (Wildman–Crippen MR) is 72.1 cm³/mol. The fraction of sp³-hybridized carbons (Fsp3) is 0.0714. The van der Waals surface area contributed by atoms with E-state index in [4.69, 9.17) is 5.73 Å². The Balaban J connectivity index is 2.57. The Kier molecular flexibility index (Phi) is 3.27. The van der Waals surface area contributed by atoms with Crippen molar-refractivity contribution in [2.45, 2.75) is 6.92 Å². The van der Waals surface area contributed by atoms with Crippen LogP contribution in [-0.2, 0) is 0 Å². The zero-order valence-electron chi connectivity index (χ0n) is 9.47. The molecule has 0 fully saturated rings. The summed E-state index contributed by atoms with van der Waals surface area (Å²) in [5.41, 5.74) is 10.1. The van der Waals surface area contributed by atoms with E-state index in [1.165, 1.54) is 0 Å². The first-order chi connectivity index (χ1) is 8.24. The number of hydrogen-bond acceptors (Lipinski definition) is 3. The molecule has 1 aromatic carbocycles. The van der Waals surface area contributed by atoms with Crippen molar-refractivity contribution in [3.63, 3.8) is 0 Å². The minimum absolute atomic E-state index is 0.534. The maximum absolute atomic E-state index is 9.26. The van der Waals surface area contributed by atoms with Gasteiger partial charge < -0.3 is 5.73 Å². The van der Waals surface area contributed by atoms with Crippen molar-refractivity contribution in [3.05, 3.63) is 57.8 Å². The molecular weight excluding hydrogens is 228 g/mol. The molecule has 2 rings (SSSR count). The molecule has 2 N–H and O–H groups in total. The number of benzene rings is 1. The summed E-state index contributed by atoms with van der Waals surface area (Å²) in [4.78, 5) is 0. The summed E-state index contributed by atoms with van der Waals surface area (Å²) >= 11 is 1.59. The predicted octanol–water partition coefficient (Wildman–Crippen LogP) is 3.41. The third-order valence-electron chi connectivity index (χ3n) is 2.59. The number of allylic oxidation sites excluding steroid dienone is 1. The van der Waals surface area contributed by atoms with Gasteiger partial charge in [0.15, 0.2) is 0 Å². The lowest BCUT2D eigenvalue weighted by atomic mass is 10.0. The smallest absolute Gasteiger partial charge is 0.102 e. The highest BCUT2D eigenvalue weighted by atomic mass is 32.1. The van der Waals surface area contributed by atoms with Gasteiger partial charge in [-0.15, -0.1) is 0 Å². The van der Waals surface area contributed by atoms with Gasteiger partial charge in [0.25, 0.3) is 0 Å². The Morgan fingerprint density at radius 2 is 1.94 bits per heavy atom. The van der Waals surface area contributed by atoms with Crippen molar-refractivity contribution in [2.75, 3.05) is 0 Å². The van der Waals surface area contributed by atoms with Gasteiger partial charge in [-0.3, -0.25) is 0 Å². The van der Waals surface area contributed by atoms with Crippen molar-refractivity contribution >= 4 is 22.6 Å². The average Bonchev–Trinajstić information content (AvgIpc) is 2.77. The normalized spacial score (nSPS) is 11.8. The highest BCUT2D eigenvalue weighted by Gasteiger charge is 2.10. The highest BCUT2D eigenvalue weighted by Crippen LogP contribution is 2.26. The summed E-state index contributed by atoms with van der Waals surface area (Å²) in [7, 11) is 0. The molecule has 0 aliphatic carbocycles. The third kappa shape index (κ3) is 2.22. The fourth-order valence-corrected chi connectivity index (χ4v) is 2.50. The molecule has 17 heavy (non-hydrogen) atoms. The number of rotatable bonds is 2. The van der Waals surface area contributed by atoms with E-state index in [2.05, 4.69) is 6.07 Å². The van der Waals surface area contributed by atoms with Crippen molar-refractivity contribution in [1.82, 2.24) is 0 Å². The lowest BCUT2D eigenvalue weighted by Crippen LogP contribution is -2.00. The maximum Gasteiger partial charge on any atom is 0.102 e. The van der Waals surface area contributed by atoms with Crippen LogP contribution in [0.4, 0.5) is 0 Å². The van der Waals surface area contributed by atoms with Gasteiger partial charge in [-0.2, -0.15) is 16.6 Å². The third-order valence-corrected chi connectivity index (χ3v) is 3.45. The van der Waals surface area contributed by atoms with Crippen LogP contribution in [0, 0.1) is 18.3 Å². The summed E-state index contributed by atoms with van der Waals surface area (Å²) in [6, 6.07) is 11.7. The van der Waals surface area contributed by atoms with Gasteiger partial charge >= 0.3 is 0 Å². The van der Waals surface area contributed by atoms with Crippen LogP contribution >= 0.6 is 11.3 Å². The Hall–Kier alpha value is -2.05. The zero-order valence-corrected chi connectivity index (χ0v) is 10.3. The molecule has 0 atom stereocenters. The number of nitrogens with zero attached hydrogens (tertiary/aromatic N) is 1. The van der Waals surface area contributed by atoms with Crippen molar-refractivity contribution < 1.29 is 0 Å². The summed E-state index contributed by atoms with van der Waals surface area (Å²) in [5, 5.41) is 13.3. The average molecular weight is 240 g/mol. The molecule has 0 bridgehead atoms. The number of nitriles is 1. The van der Waals surface area contributed by atoms with Gasteiger partial charge in [0.1, 0.15) is 6.07 Å². The maximum atomic E-state index is 9.26. The van der Waals surface area contributed by atoms with Crippen LogP contribution in [0.1, 0.15) is 16.7 Å². The van der Waals surface area contributed by atoms with Crippen LogP contribution in [0.2, 0.25) is 0 Å². The SMILES string of the molecule is Cc1cscc1/C(N)=C(/C#N)c1ccccc1. The lowest BCUT2D eigenvalue weighted by Gasteiger charge is -2.05. The van der Waals surface area contributed by atoms with E-state index in [0.29, 0.717) is 11.3 Å². The van der Waals surface area contributed by atoms with Crippen molar-refractivity contribution in [3.8, 4) is 6.07 Å². The Bertz CT molecular complexity index is 588. The van der Waals surface area contributed by atoms with Gasteiger partial charge in [0, 0.05) is 10.9 Å². The fourth-order valence-electron chi connectivity index (χ4n) is 1.66. The molecule has 1 aromatic heterocycles. The standard InChI is InChI=1S/C14H12N2S/c1-10-8-17-9-13(10)14(16)12(7-15)11-5-3-2-4-6-11/h2-6,8-9H,16H2,1H3/b14-12+. The second-order valence-corrected chi connectivity index (χ2v) is 4.48. The van der Waals surface area contributed by atoms with E-state index in [1.54, 1.807) is 11.3 Å². The molecule has 0 aliphatic heterocycles. The molecule has 0 unspecified atom stereocenters. The lowest BCUT2D eigenvalue weighted by molar-refractivity contribution is 1.44. The van der Waals surface area contributed by atoms with Crippen molar-refractivity contribution in [2.24, 2.45) is 5.73 Å². The second kappa shape index (κ2) is 4.86. The molecule has 2 aromatic rings. The molecule has 3 heteroatoms. The molecule has 84 valence electrons. The largest absolute Gasteiger partial charge is 0.397 e. The van der Waals surface area contributed by atoms with E-state index in [0.717, 1.165) is 16.7 Å². The first-order valence-electron chi connectivity index (χ1n) is 5.22. The Morgan fingerprint density at radius 3 is 2.47 bits per heavy atom. The molecule has 0 radical (unpaired) electrons. The number of thiophene rings is 1. The van der Waals surface area contributed by atoms with Gasteiger partial charge in [-0.05, 0) is 23.4 Å². The topological polar surface area (TPSA) is 49.8 Å². The molecule has 0 amide bonds. The van der Waals surface area contributed by atoms with Gasteiger partial charge in [-0.1, -0.05) is 30.3 Å². The molecule has 1 heterocycles.